The van der Waals surface area contributed by atoms with Gasteiger partial charge in [0.1, 0.15) is 11.9 Å². The molecule has 1 aliphatic rings. The molecule has 2 aromatic heterocycles. The highest BCUT2D eigenvalue weighted by Crippen LogP contribution is 2.48. The van der Waals surface area contributed by atoms with E-state index in [2.05, 4.69) is 58.5 Å². The van der Waals surface area contributed by atoms with Crippen LogP contribution in [0.3, 0.4) is 0 Å². The summed E-state index contributed by atoms with van der Waals surface area (Å²) in [6.45, 7) is 13.4. The van der Waals surface area contributed by atoms with Crippen LogP contribution in [0, 0.1) is 18.3 Å². The summed E-state index contributed by atoms with van der Waals surface area (Å²) in [5.74, 6) is 1.28. The van der Waals surface area contributed by atoms with Crippen LogP contribution < -0.4 is 10.6 Å². The van der Waals surface area contributed by atoms with Crippen LogP contribution in [0.5, 0.6) is 0 Å². The SMILES string of the molecule is Cc1ccc(-c2ncc[nH]2)cc1Nc1nccc(-c2cc(C#N)c3c(c2)[C@@](C)(CCC(C)(C)[Si](C)(C)O)CN3)n1. The van der Waals surface area contributed by atoms with E-state index < -0.39 is 8.32 Å². The number of aryl methyl sites for hydroxylation is 1. The van der Waals surface area contributed by atoms with Gasteiger partial charge in [-0.3, -0.25) is 0 Å². The Morgan fingerprint density at radius 2 is 1.93 bits per heavy atom. The third-order valence-electron chi connectivity index (χ3n) is 8.73. The van der Waals surface area contributed by atoms with Crippen molar-refractivity contribution in [3.63, 3.8) is 0 Å². The number of hydrogen-bond donors (Lipinski definition) is 4. The van der Waals surface area contributed by atoms with E-state index in [-0.39, 0.29) is 10.5 Å². The lowest BCUT2D eigenvalue weighted by Gasteiger charge is -2.38. The number of nitrogens with one attached hydrogen (secondary N) is 3. The number of nitrogens with zero attached hydrogens (tertiary/aromatic N) is 4. The zero-order chi connectivity index (χ0) is 28.7. The molecule has 0 spiro atoms. The van der Waals surface area contributed by atoms with Gasteiger partial charge in [0.15, 0.2) is 8.32 Å². The molecule has 206 valence electrons. The van der Waals surface area contributed by atoms with Crippen molar-refractivity contribution in [3.05, 3.63) is 71.7 Å². The number of nitriles is 1. The van der Waals surface area contributed by atoms with E-state index in [1.807, 2.05) is 50.3 Å². The van der Waals surface area contributed by atoms with Gasteiger partial charge in [-0.25, -0.2) is 15.0 Å². The maximum absolute atomic E-state index is 10.8. The first-order valence-electron chi connectivity index (χ1n) is 13.7. The molecule has 0 saturated heterocycles. The molecule has 0 aliphatic carbocycles. The van der Waals surface area contributed by atoms with Crippen LogP contribution in [0.25, 0.3) is 22.6 Å². The summed E-state index contributed by atoms with van der Waals surface area (Å²) in [7, 11) is -2.33. The molecule has 1 atom stereocenters. The fourth-order valence-corrected chi connectivity index (χ4v) is 5.80. The standard InChI is InChI=1S/C31H37N7OSi/c1-20-7-8-21(28-33-13-14-34-28)17-26(20)38-29-35-12-9-25(37-29)22-15-23(18-32)27-24(16-22)31(4,19-36-27)11-10-30(2,3)40(5,6)39/h7-9,12-17,36,39H,10-11,19H2,1-6H3,(H,33,34)(H,35,37,38)/t31-/m0/s1. The van der Waals surface area contributed by atoms with Gasteiger partial charge in [-0.2, -0.15) is 5.26 Å². The Kier molecular flexibility index (Phi) is 7.02. The predicted molar refractivity (Wildman–Crippen MR) is 163 cm³/mol. The summed E-state index contributed by atoms with van der Waals surface area (Å²) < 4.78 is 0. The summed E-state index contributed by atoms with van der Waals surface area (Å²) in [5.41, 5.74) is 7.04. The highest BCUT2D eigenvalue weighted by atomic mass is 28.4. The second-order valence-electron chi connectivity index (χ2n) is 12.3. The molecule has 0 unspecified atom stereocenters. The van der Waals surface area contributed by atoms with Crippen molar-refractivity contribution in [2.24, 2.45) is 0 Å². The van der Waals surface area contributed by atoms with Gasteiger partial charge >= 0.3 is 0 Å². The van der Waals surface area contributed by atoms with Crippen molar-refractivity contribution >= 4 is 25.6 Å². The largest absolute Gasteiger partial charge is 0.432 e. The summed E-state index contributed by atoms with van der Waals surface area (Å²) in [6, 6.07) is 14.4. The molecule has 40 heavy (non-hydrogen) atoms. The Morgan fingerprint density at radius 1 is 1.12 bits per heavy atom. The second kappa shape index (κ2) is 10.2. The number of rotatable bonds is 8. The third-order valence-corrected chi connectivity index (χ3v) is 12.3. The number of aromatic nitrogens is 4. The monoisotopic (exact) mass is 551 g/mol. The molecule has 0 radical (unpaired) electrons. The maximum atomic E-state index is 10.8. The predicted octanol–water partition coefficient (Wildman–Crippen LogP) is 6.90. The molecule has 4 aromatic rings. The first-order chi connectivity index (χ1) is 18.9. The number of hydrogen-bond acceptors (Lipinski definition) is 7. The van der Waals surface area contributed by atoms with E-state index in [0.717, 1.165) is 64.5 Å². The number of fused-ring (bicyclic) bond motifs is 1. The molecular formula is C31H37N7OSi. The molecular weight excluding hydrogens is 514 g/mol. The molecule has 0 bridgehead atoms. The van der Waals surface area contributed by atoms with Gasteiger partial charge in [-0.15, -0.1) is 0 Å². The summed E-state index contributed by atoms with van der Waals surface area (Å²) in [5, 5.41) is 16.8. The van der Waals surface area contributed by atoms with Crippen molar-refractivity contribution in [3.8, 4) is 28.7 Å². The van der Waals surface area contributed by atoms with Gasteiger partial charge in [0.2, 0.25) is 5.95 Å². The third kappa shape index (κ3) is 5.25. The molecule has 8 nitrogen and oxygen atoms in total. The van der Waals surface area contributed by atoms with Gasteiger partial charge in [0.05, 0.1) is 16.9 Å². The summed E-state index contributed by atoms with van der Waals surface area (Å²) >= 11 is 0. The quantitative estimate of drug-likeness (QED) is 0.176. The maximum Gasteiger partial charge on any atom is 0.227 e. The zero-order valence-corrected chi connectivity index (χ0v) is 25.1. The lowest BCUT2D eigenvalue weighted by molar-refractivity contribution is 0.384. The van der Waals surface area contributed by atoms with Crippen molar-refractivity contribution in [1.29, 1.82) is 5.26 Å². The second-order valence-corrected chi connectivity index (χ2v) is 16.7. The smallest absolute Gasteiger partial charge is 0.227 e. The molecule has 3 heterocycles. The molecule has 1 aliphatic heterocycles. The van der Waals surface area contributed by atoms with Crippen molar-refractivity contribution in [2.75, 3.05) is 17.2 Å². The molecule has 5 rings (SSSR count). The highest BCUT2D eigenvalue weighted by molar-refractivity contribution is 6.72. The van der Waals surface area contributed by atoms with Crippen LogP contribution in [0.4, 0.5) is 17.3 Å². The highest BCUT2D eigenvalue weighted by Gasteiger charge is 2.42. The molecule has 0 amide bonds. The topological polar surface area (TPSA) is 123 Å². The average molecular weight is 552 g/mol. The van der Waals surface area contributed by atoms with Crippen LogP contribution >= 0.6 is 0 Å². The van der Waals surface area contributed by atoms with E-state index in [4.69, 9.17) is 4.98 Å². The number of benzene rings is 2. The normalized spacial score (nSPS) is 16.8. The first kappa shape index (κ1) is 27.6. The Hall–Kier alpha value is -4.00. The van der Waals surface area contributed by atoms with Gasteiger partial charge < -0.3 is 20.4 Å². The Bertz CT molecular complexity index is 1580. The van der Waals surface area contributed by atoms with E-state index >= 15 is 0 Å². The van der Waals surface area contributed by atoms with E-state index in [0.29, 0.717) is 11.5 Å². The Balaban J connectivity index is 1.46. The molecule has 4 N–H and O–H groups in total. The van der Waals surface area contributed by atoms with E-state index in [1.165, 1.54) is 0 Å². The van der Waals surface area contributed by atoms with Crippen LogP contribution in [-0.4, -0.2) is 39.6 Å². The van der Waals surface area contributed by atoms with Crippen LogP contribution in [0.1, 0.15) is 50.3 Å². The lowest BCUT2D eigenvalue weighted by Crippen LogP contribution is -2.40. The van der Waals surface area contributed by atoms with E-state index in [1.54, 1.807) is 18.6 Å². The molecule has 2 aromatic carbocycles. The van der Waals surface area contributed by atoms with Gasteiger partial charge in [0.25, 0.3) is 0 Å². The van der Waals surface area contributed by atoms with Crippen molar-refractivity contribution < 1.29 is 4.80 Å². The number of imidazole rings is 1. The van der Waals surface area contributed by atoms with Crippen molar-refractivity contribution in [2.45, 2.75) is 64.1 Å². The Labute approximate surface area is 237 Å². The summed E-state index contributed by atoms with van der Waals surface area (Å²) in [4.78, 5) is 27.7. The van der Waals surface area contributed by atoms with Gasteiger partial charge in [0, 0.05) is 47.4 Å². The van der Waals surface area contributed by atoms with Crippen LogP contribution in [-0.2, 0) is 5.41 Å². The minimum absolute atomic E-state index is 0.117. The minimum atomic E-state index is -2.33. The van der Waals surface area contributed by atoms with Crippen LogP contribution in [0.15, 0.2) is 55.0 Å². The fourth-order valence-electron chi connectivity index (χ4n) is 5.07. The fraction of sp³-hybridized carbons (Fsp3) is 0.355. The Morgan fingerprint density at radius 3 is 2.62 bits per heavy atom. The number of H-pyrrole nitrogens is 1. The van der Waals surface area contributed by atoms with Gasteiger partial charge in [-0.1, -0.05) is 32.9 Å². The molecule has 9 heteroatoms. The van der Waals surface area contributed by atoms with E-state index in [9.17, 15) is 10.1 Å². The van der Waals surface area contributed by atoms with Crippen LogP contribution in [0.2, 0.25) is 18.1 Å². The minimum Gasteiger partial charge on any atom is -0.432 e. The first-order valence-corrected chi connectivity index (χ1v) is 16.6. The average Bonchev–Trinajstić information content (AvgIpc) is 3.57. The zero-order valence-electron chi connectivity index (χ0n) is 24.1. The number of anilines is 3. The number of aromatic amines is 1. The van der Waals surface area contributed by atoms with Gasteiger partial charge in [-0.05, 0) is 73.3 Å². The molecule has 0 fully saturated rings. The molecule has 0 saturated carbocycles. The summed E-state index contributed by atoms with van der Waals surface area (Å²) in [6.07, 6.45) is 7.09. The lowest BCUT2D eigenvalue weighted by atomic mass is 9.77. The van der Waals surface area contributed by atoms with Crippen molar-refractivity contribution in [1.82, 2.24) is 19.9 Å².